The van der Waals surface area contributed by atoms with E-state index < -0.39 is 72.0 Å². The number of hydrogen-bond acceptors (Lipinski definition) is 7. The normalized spacial score (nSPS) is 16.9. The summed E-state index contributed by atoms with van der Waals surface area (Å²) in [5.74, 6) is -2.07. The van der Waals surface area contributed by atoms with Crippen molar-refractivity contribution in [2.24, 2.45) is 23.7 Å². The maximum Gasteiger partial charge on any atom is 0.416 e. The van der Waals surface area contributed by atoms with E-state index in [0.717, 1.165) is 21.5 Å². The van der Waals surface area contributed by atoms with Gasteiger partial charge in [-0.2, -0.15) is 26.3 Å². The average molecular weight is 813 g/mol. The molecule has 2 atom stereocenters. The third-order valence-corrected chi connectivity index (χ3v) is 9.74. The van der Waals surface area contributed by atoms with Crippen molar-refractivity contribution in [2.75, 3.05) is 59.2 Å². The smallest absolute Gasteiger partial charge is 0.416 e. The summed E-state index contributed by atoms with van der Waals surface area (Å²) >= 11 is 0. The Kier molecular flexibility index (Phi) is 16.7. The van der Waals surface area contributed by atoms with Crippen LogP contribution in [0.5, 0.6) is 0 Å². The summed E-state index contributed by atoms with van der Waals surface area (Å²) in [4.78, 5) is 52.3. The summed E-state index contributed by atoms with van der Waals surface area (Å²) in [6.45, 7) is 10.7. The molecule has 0 spiro atoms. The van der Waals surface area contributed by atoms with Crippen LogP contribution in [0, 0.1) is 23.7 Å². The monoisotopic (exact) mass is 812 g/mol. The number of nitrogens with zero attached hydrogens (tertiary/aromatic N) is 4. The van der Waals surface area contributed by atoms with Crippen LogP contribution in [0.1, 0.15) is 81.8 Å². The fraction of sp³-hybridized carbons (Fsp3) is 0.684. The van der Waals surface area contributed by atoms with Crippen LogP contribution in [0.25, 0.3) is 0 Å². The van der Waals surface area contributed by atoms with Crippen LogP contribution in [-0.4, -0.2) is 95.2 Å². The predicted molar refractivity (Wildman–Crippen MR) is 192 cm³/mol. The van der Waals surface area contributed by atoms with Gasteiger partial charge in [-0.3, -0.25) is 18.4 Å². The molecule has 4 heterocycles. The van der Waals surface area contributed by atoms with Gasteiger partial charge < -0.3 is 28.8 Å². The van der Waals surface area contributed by atoms with Crippen LogP contribution in [0.4, 0.5) is 35.1 Å². The quantitative estimate of drug-likeness (QED) is 0.144. The highest BCUT2D eigenvalue weighted by Gasteiger charge is 2.38. The highest BCUT2D eigenvalue weighted by molar-refractivity contribution is 5.74. The molecule has 2 unspecified atom stereocenters. The van der Waals surface area contributed by atoms with Gasteiger partial charge in [0.05, 0.1) is 31.1 Å². The number of ether oxygens (including phenoxy) is 1. The van der Waals surface area contributed by atoms with Crippen molar-refractivity contribution < 1.29 is 54.6 Å². The van der Waals surface area contributed by atoms with Gasteiger partial charge in [0.25, 0.3) is 11.1 Å². The number of carboxylic acid groups (broad SMARTS) is 1. The fourth-order valence-electron chi connectivity index (χ4n) is 6.86. The molecule has 2 aliphatic rings. The van der Waals surface area contributed by atoms with Crippen molar-refractivity contribution in [3.05, 3.63) is 67.5 Å². The number of likely N-dealkylation sites (tertiary alicyclic amines) is 2. The van der Waals surface area contributed by atoms with Crippen LogP contribution in [-0.2, 0) is 39.5 Å². The Morgan fingerprint density at radius 1 is 0.732 bits per heavy atom. The first-order valence-corrected chi connectivity index (χ1v) is 18.7. The minimum atomic E-state index is -4.71. The number of carbonyl (C=O) groups is 2. The number of alkyl halides is 8. The summed E-state index contributed by atoms with van der Waals surface area (Å²) in [5, 5.41) is 9.42. The molecule has 0 aromatic carbocycles. The number of esters is 1. The van der Waals surface area contributed by atoms with Gasteiger partial charge >= 0.3 is 24.3 Å². The second-order valence-electron chi connectivity index (χ2n) is 15.4. The molecule has 2 saturated heterocycles. The van der Waals surface area contributed by atoms with Gasteiger partial charge in [0.2, 0.25) is 0 Å². The van der Waals surface area contributed by atoms with Crippen molar-refractivity contribution in [3.63, 3.8) is 0 Å². The Bertz CT molecular complexity index is 1730. The molecule has 4 rings (SSSR count). The molecule has 2 fully saturated rings. The van der Waals surface area contributed by atoms with Gasteiger partial charge in [0, 0.05) is 75.6 Å². The summed E-state index contributed by atoms with van der Waals surface area (Å²) in [6, 6.07) is -1.17. The first-order valence-electron chi connectivity index (χ1n) is 18.7. The van der Waals surface area contributed by atoms with E-state index in [2.05, 4.69) is 0 Å². The number of hydrogen-bond donors (Lipinski definition) is 1. The topological polar surface area (TPSA) is 114 Å². The van der Waals surface area contributed by atoms with Crippen molar-refractivity contribution in [1.29, 1.82) is 0 Å². The van der Waals surface area contributed by atoms with Crippen LogP contribution in [0.2, 0.25) is 0 Å². The van der Waals surface area contributed by atoms with Crippen molar-refractivity contribution in [1.82, 2.24) is 18.9 Å². The van der Waals surface area contributed by atoms with Gasteiger partial charge in [-0.05, 0) is 55.6 Å². The first-order chi connectivity index (χ1) is 26.1. The van der Waals surface area contributed by atoms with E-state index in [0.29, 0.717) is 51.4 Å². The van der Waals surface area contributed by atoms with Crippen LogP contribution in [0.15, 0.2) is 34.1 Å². The molecule has 10 nitrogen and oxygen atoms in total. The Balaban J connectivity index is 0.000000301. The maximum atomic E-state index is 13.5. The maximum absolute atomic E-state index is 13.5. The summed E-state index contributed by atoms with van der Waals surface area (Å²) in [7, 11) is 0. The van der Waals surface area contributed by atoms with Gasteiger partial charge in [-0.25, -0.2) is 9.59 Å². The Morgan fingerprint density at radius 2 is 1.11 bits per heavy atom. The van der Waals surface area contributed by atoms with Gasteiger partial charge in [-0.1, -0.05) is 27.7 Å². The molecule has 2 aliphatic heterocycles. The molecule has 0 saturated carbocycles. The van der Waals surface area contributed by atoms with Crippen LogP contribution >= 0.6 is 0 Å². The van der Waals surface area contributed by atoms with E-state index in [1.807, 2.05) is 23.6 Å². The summed E-state index contributed by atoms with van der Waals surface area (Å²) in [6.07, 6.45) is -6.77. The van der Waals surface area contributed by atoms with E-state index in [1.54, 1.807) is 20.8 Å². The molecular weight excluding hydrogens is 760 g/mol. The summed E-state index contributed by atoms with van der Waals surface area (Å²) in [5.41, 5.74) is -4.09. The second-order valence-corrected chi connectivity index (χ2v) is 15.4. The molecule has 316 valence electrons. The van der Waals surface area contributed by atoms with E-state index in [9.17, 15) is 59.4 Å². The minimum absolute atomic E-state index is 0.00213. The molecule has 0 amide bonds. The molecule has 18 heteroatoms. The second kappa shape index (κ2) is 20.1. The number of aliphatic carboxylic acids is 1. The fourth-order valence-corrected chi connectivity index (χ4v) is 6.86. The third-order valence-electron chi connectivity index (χ3n) is 9.74. The molecule has 0 bridgehead atoms. The molecule has 0 radical (unpaired) electrons. The molecule has 0 aliphatic carbocycles. The molecule has 2 aromatic heterocycles. The molecule has 1 N–H and O–H groups in total. The van der Waals surface area contributed by atoms with Crippen LogP contribution in [0.3, 0.4) is 0 Å². The van der Waals surface area contributed by atoms with E-state index in [4.69, 9.17) is 4.74 Å². The van der Waals surface area contributed by atoms with E-state index >= 15 is 0 Å². The Labute approximate surface area is 320 Å². The standard InChI is InChI=1S/C20H28F4N2O3.C18H24F4N2O3/c1-4-29-19(28)17(7-13(2)3)26-12-15(5-6-25-10-14(9-21)11-25)16(8-18(26)27)20(22,23)24;1-11(2)5-15(17(26)27)24-10-13(3-4-23-8-12(7-19)9-23)14(6-16(24)25)18(20,21)22/h8,12-14,17H,4-7,9-11H2,1-3H3;6,10-12,15H,3-5,7-9H2,1-2H3,(H,26,27). The largest absolute Gasteiger partial charge is 0.480 e. The minimum Gasteiger partial charge on any atom is -0.480 e. The molecular formula is C38H52F8N4O6. The van der Waals surface area contributed by atoms with Crippen molar-refractivity contribution in [2.45, 2.75) is 84.7 Å². The summed E-state index contributed by atoms with van der Waals surface area (Å²) < 4.78 is 113. The first kappa shape index (κ1) is 46.6. The van der Waals surface area contributed by atoms with Crippen LogP contribution < -0.4 is 11.1 Å². The number of carbonyl (C=O) groups excluding carboxylic acids is 1. The van der Waals surface area contributed by atoms with Gasteiger partial charge in [-0.15, -0.1) is 0 Å². The molecule has 2 aromatic rings. The predicted octanol–water partition coefficient (Wildman–Crippen LogP) is 6.44. The number of pyridine rings is 2. The number of rotatable bonds is 17. The zero-order valence-corrected chi connectivity index (χ0v) is 32.3. The SMILES string of the molecule is CC(C)CC(C(=O)O)n1cc(CCN2CC(CF)C2)c(C(F)(F)F)cc1=O.CCOC(=O)C(CC(C)C)n1cc(CCN2CC(CF)C2)c(C(F)(F)F)cc1=O. The van der Waals surface area contributed by atoms with Crippen molar-refractivity contribution in [3.8, 4) is 0 Å². The lowest BCUT2D eigenvalue weighted by molar-refractivity contribution is -0.148. The Hall–Kier alpha value is -3.80. The lowest BCUT2D eigenvalue weighted by Crippen LogP contribution is -2.48. The van der Waals surface area contributed by atoms with Crippen molar-refractivity contribution >= 4 is 11.9 Å². The lowest BCUT2D eigenvalue weighted by atomic mass is 9.99. The number of aromatic nitrogens is 2. The number of halogens is 8. The zero-order valence-electron chi connectivity index (χ0n) is 32.3. The Morgan fingerprint density at radius 3 is 1.43 bits per heavy atom. The average Bonchev–Trinajstić information content (AvgIpc) is 3.05. The molecule has 56 heavy (non-hydrogen) atoms. The highest BCUT2D eigenvalue weighted by atomic mass is 19.4. The lowest BCUT2D eigenvalue weighted by Gasteiger charge is -2.37. The highest BCUT2D eigenvalue weighted by Crippen LogP contribution is 2.34. The van der Waals surface area contributed by atoms with Gasteiger partial charge in [0.15, 0.2) is 0 Å². The zero-order chi connectivity index (χ0) is 42.1. The third kappa shape index (κ3) is 12.9. The van der Waals surface area contributed by atoms with Gasteiger partial charge in [0.1, 0.15) is 12.1 Å². The number of carboxylic acids is 1. The van der Waals surface area contributed by atoms with E-state index in [-0.39, 0.29) is 67.1 Å². The van der Waals surface area contributed by atoms with E-state index in [1.165, 1.54) is 0 Å².